The molecule has 0 bridgehead atoms. The Morgan fingerprint density at radius 2 is 2.00 bits per heavy atom. The Morgan fingerprint density at radius 1 is 1.44 bits per heavy atom. The van der Waals surface area contributed by atoms with E-state index in [4.69, 9.17) is 10.3 Å². The maximum atomic E-state index is 6.08. The minimum absolute atomic E-state index is 0.0527. The number of rotatable bonds is 2. The first-order valence-corrected chi connectivity index (χ1v) is 5.81. The fourth-order valence-corrected chi connectivity index (χ4v) is 1.79. The van der Waals surface area contributed by atoms with E-state index in [0.717, 1.165) is 12.2 Å². The largest absolute Gasteiger partial charge is 0.338 e. The molecule has 2 N–H and O–H groups in total. The van der Waals surface area contributed by atoms with Gasteiger partial charge in [-0.15, -0.1) is 0 Å². The van der Waals surface area contributed by atoms with Gasteiger partial charge in [-0.3, -0.25) is 0 Å². The molecule has 4 heteroatoms. The van der Waals surface area contributed by atoms with Crippen LogP contribution in [0.5, 0.6) is 0 Å². The highest BCUT2D eigenvalue weighted by atomic mass is 16.5. The number of hydrogen-bond donors (Lipinski definition) is 1. The van der Waals surface area contributed by atoms with Crippen LogP contribution in [-0.2, 0) is 0 Å². The van der Waals surface area contributed by atoms with Gasteiger partial charge in [-0.1, -0.05) is 39.8 Å². The molecule has 1 fully saturated rings. The quantitative estimate of drug-likeness (QED) is 0.837. The van der Waals surface area contributed by atoms with Crippen LogP contribution in [0.4, 0.5) is 0 Å². The fourth-order valence-electron chi connectivity index (χ4n) is 1.79. The van der Waals surface area contributed by atoms with Gasteiger partial charge in [-0.2, -0.15) is 4.98 Å². The van der Waals surface area contributed by atoms with E-state index in [9.17, 15) is 0 Å². The summed E-state index contributed by atoms with van der Waals surface area (Å²) < 4.78 is 5.26. The fraction of sp³-hybridized carbons (Fsp3) is 0.833. The molecule has 1 aromatic heterocycles. The van der Waals surface area contributed by atoms with Crippen LogP contribution in [0.2, 0.25) is 0 Å². The van der Waals surface area contributed by atoms with Crippen molar-refractivity contribution >= 4 is 0 Å². The number of nitrogens with zero attached hydrogens (tertiary/aromatic N) is 2. The second-order valence-corrected chi connectivity index (χ2v) is 6.58. The monoisotopic (exact) mass is 223 g/mol. The number of hydrogen-bond acceptors (Lipinski definition) is 4. The zero-order chi connectivity index (χ0) is 12.1. The molecule has 1 unspecified atom stereocenters. The molecule has 1 saturated carbocycles. The summed E-state index contributed by atoms with van der Waals surface area (Å²) in [6.07, 6.45) is 1.14. The maximum Gasteiger partial charge on any atom is 0.244 e. The maximum absolute atomic E-state index is 6.08. The molecule has 0 saturated heterocycles. The van der Waals surface area contributed by atoms with Crippen LogP contribution in [0.3, 0.4) is 0 Å². The summed E-state index contributed by atoms with van der Waals surface area (Å²) in [4.78, 5) is 4.43. The molecule has 90 valence electrons. The molecule has 1 aliphatic rings. The minimum atomic E-state index is -0.199. The Morgan fingerprint density at radius 3 is 2.44 bits per heavy atom. The first-order chi connectivity index (χ1) is 7.22. The first-order valence-electron chi connectivity index (χ1n) is 5.81. The van der Waals surface area contributed by atoms with Crippen molar-refractivity contribution in [3.05, 3.63) is 11.7 Å². The molecule has 0 amide bonds. The third kappa shape index (κ3) is 1.98. The second-order valence-electron chi connectivity index (χ2n) is 6.58. The van der Waals surface area contributed by atoms with Crippen LogP contribution in [0.25, 0.3) is 0 Å². The number of nitrogens with two attached hydrogens (primary N) is 1. The molecule has 2 atom stereocenters. The number of aromatic nitrogens is 2. The molecule has 16 heavy (non-hydrogen) atoms. The smallest absolute Gasteiger partial charge is 0.244 e. The summed E-state index contributed by atoms with van der Waals surface area (Å²) in [5.74, 6) is 1.82. The van der Waals surface area contributed by atoms with Crippen molar-refractivity contribution in [2.45, 2.75) is 53.0 Å². The Kier molecular flexibility index (Phi) is 2.38. The van der Waals surface area contributed by atoms with Crippen molar-refractivity contribution in [1.29, 1.82) is 0 Å². The lowest BCUT2D eigenvalue weighted by molar-refractivity contribution is 0.252. The highest BCUT2D eigenvalue weighted by Crippen LogP contribution is 2.57. The van der Waals surface area contributed by atoms with E-state index in [2.05, 4.69) is 44.8 Å². The van der Waals surface area contributed by atoms with Crippen molar-refractivity contribution in [2.24, 2.45) is 16.6 Å². The molecule has 2 rings (SSSR count). The Balaban J connectivity index is 2.15. The van der Waals surface area contributed by atoms with Gasteiger partial charge in [0, 0.05) is 5.92 Å². The Hall–Kier alpha value is -0.900. The summed E-state index contributed by atoms with van der Waals surface area (Å²) in [7, 11) is 0. The lowest BCUT2D eigenvalue weighted by Crippen LogP contribution is -2.26. The van der Waals surface area contributed by atoms with Crippen LogP contribution >= 0.6 is 0 Å². The van der Waals surface area contributed by atoms with Crippen LogP contribution in [-0.4, -0.2) is 10.1 Å². The van der Waals surface area contributed by atoms with Crippen molar-refractivity contribution in [2.75, 3.05) is 0 Å². The Bertz CT molecular complexity index is 389. The molecule has 0 aromatic carbocycles. The second kappa shape index (κ2) is 3.29. The van der Waals surface area contributed by atoms with Crippen LogP contribution in [0.15, 0.2) is 4.52 Å². The van der Waals surface area contributed by atoms with Crippen molar-refractivity contribution in [3.63, 3.8) is 0 Å². The molecule has 4 nitrogen and oxygen atoms in total. The minimum Gasteiger partial charge on any atom is -0.338 e. The topological polar surface area (TPSA) is 64.9 Å². The standard InChI is InChI=1S/C12H21N3O/c1-11(2,3)8(13)10-14-9(15-16-10)7-6-12(7,4)5/h7-8H,6,13H2,1-5H3/t7?,8-/m1/s1. The van der Waals surface area contributed by atoms with Gasteiger partial charge >= 0.3 is 0 Å². The van der Waals surface area contributed by atoms with Gasteiger partial charge in [0.1, 0.15) is 0 Å². The lowest BCUT2D eigenvalue weighted by Gasteiger charge is -2.23. The van der Waals surface area contributed by atoms with Gasteiger partial charge in [0.25, 0.3) is 0 Å². The summed E-state index contributed by atoms with van der Waals surface area (Å²) in [5.41, 5.74) is 6.35. The normalized spacial score (nSPS) is 25.5. The van der Waals surface area contributed by atoms with Crippen LogP contribution in [0.1, 0.15) is 64.7 Å². The van der Waals surface area contributed by atoms with E-state index >= 15 is 0 Å². The van der Waals surface area contributed by atoms with Crippen LogP contribution in [0, 0.1) is 10.8 Å². The summed E-state index contributed by atoms with van der Waals surface area (Å²) in [6, 6.07) is -0.199. The van der Waals surface area contributed by atoms with E-state index in [-0.39, 0.29) is 11.5 Å². The average Bonchev–Trinajstić information content (AvgIpc) is 2.63. The van der Waals surface area contributed by atoms with Gasteiger partial charge < -0.3 is 10.3 Å². The predicted octanol–water partition coefficient (Wildman–Crippen LogP) is 2.63. The third-order valence-electron chi connectivity index (χ3n) is 3.48. The van der Waals surface area contributed by atoms with Gasteiger partial charge in [-0.25, -0.2) is 0 Å². The molecular weight excluding hydrogens is 202 g/mol. The Labute approximate surface area is 96.6 Å². The SMILES string of the molecule is CC1(C)CC1c1noc([C@@H](N)C(C)(C)C)n1. The van der Waals surface area contributed by atoms with E-state index < -0.39 is 0 Å². The van der Waals surface area contributed by atoms with Gasteiger partial charge in [0.2, 0.25) is 5.89 Å². The van der Waals surface area contributed by atoms with Gasteiger partial charge in [-0.05, 0) is 17.3 Å². The molecule has 1 heterocycles. The lowest BCUT2D eigenvalue weighted by atomic mass is 9.87. The average molecular weight is 223 g/mol. The zero-order valence-electron chi connectivity index (χ0n) is 10.7. The van der Waals surface area contributed by atoms with E-state index in [0.29, 0.717) is 17.2 Å². The van der Waals surface area contributed by atoms with Crippen molar-refractivity contribution in [3.8, 4) is 0 Å². The summed E-state index contributed by atoms with van der Waals surface area (Å²) >= 11 is 0. The predicted molar refractivity (Wildman–Crippen MR) is 61.8 cm³/mol. The molecule has 0 aliphatic heterocycles. The van der Waals surface area contributed by atoms with Crippen molar-refractivity contribution in [1.82, 2.24) is 10.1 Å². The molecule has 0 radical (unpaired) electrons. The highest BCUT2D eigenvalue weighted by molar-refractivity contribution is 5.15. The zero-order valence-corrected chi connectivity index (χ0v) is 10.7. The summed E-state index contributed by atoms with van der Waals surface area (Å²) in [6.45, 7) is 10.7. The third-order valence-corrected chi connectivity index (χ3v) is 3.48. The molecule has 0 spiro atoms. The molecule has 1 aliphatic carbocycles. The van der Waals surface area contributed by atoms with Gasteiger partial charge in [0.15, 0.2) is 5.82 Å². The first kappa shape index (κ1) is 11.6. The van der Waals surface area contributed by atoms with E-state index in [1.54, 1.807) is 0 Å². The van der Waals surface area contributed by atoms with Crippen LogP contribution < -0.4 is 5.73 Å². The van der Waals surface area contributed by atoms with Crippen molar-refractivity contribution < 1.29 is 4.52 Å². The highest BCUT2D eigenvalue weighted by Gasteiger charge is 2.49. The molecular formula is C12H21N3O. The molecule has 1 aromatic rings. The van der Waals surface area contributed by atoms with E-state index in [1.807, 2.05) is 0 Å². The van der Waals surface area contributed by atoms with Gasteiger partial charge in [0.05, 0.1) is 6.04 Å². The van der Waals surface area contributed by atoms with E-state index in [1.165, 1.54) is 0 Å². The summed E-state index contributed by atoms with van der Waals surface area (Å²) in [5, 5.41) is 4.04.